The minimum absolute atomic E-state index is 0.0468. The van der Waals surface area contributed by atoms with Gasteiger partial charge in [-0.15, -0.1) is 0 Å². The number of benzene rings is 2. The molecule has 0 radical (unpaired) electrons. The molecule has 4 nitrogen and oxygen atoms in total. The van der Waals surface area contributed by atoms with Crippen LogP contribution >= 0.6 is 11.6 Å². The Hall–Kier alpha value is -2.20. The largest absolute Gasteiger partial charge is 0.493 e. The van der Waals surface area contributed by atoms with Crippen molar-refractivity contribution in [3.63, 3.8) is 0 Å². The number of methoxy groups -OCH3 is 1. The Labute approximate surface area is 146 Å². The first-order chi connectivity index (χ1) is 11.5. The number of hydrogen-bond acceptors (Lipinski definition) is 3. The normalized spacial score (nSPS) is 15.4. The molecule has 1 aliphatic carbocycles. The number of halogens is 1. The van der Waals surface area contributed by atoms with Crippen LogP contribution < -0.4 is 9.47 Å². The Balaban J connectivity index is 1.82. The first kappa shape index (κ1) is 16.7. The summed E-state index contributed by atoms with van der Waals surface area (Å²) in [5.74, 6) is 0.00165. The zero-order valence-electron chi connectivity index (χ0n) is 13.4. The lowest BCUT2D eigenvalue weighted by molar-refractivity contribution is 0.0696. The highest BCUT2D eigenvalue weighted by molar-refractivity contribution is 6.30. The molecule has 0 unspecified atom stereocenters. The minimum Gasteiger partial charge on any atom is -0.493 e. The standard InChI is InChI=1S/C19H19ClO4/c1-23-16-8-3-13(18(21)22)11-17(16)24-12-19(9-2-10-19)14-4-6-15(20)7-5-14/h3-8,11H,2,9-10,12H2,1H3,(H,21,22). The predicted molar refractivity (Wildman–Crippen MR) is 92.4 cm³/mol. The highest BCUT2D eigenvalue weighted by atomic mass is 35.5. The second-order valence-corrected chi connectivity index (χ2v) is 6.54. The van der Waals surface area contributed by atoms with E-state index in [0.29, 0.717) is 23.1 Å². The van der Waals surface area contributed by atoms with Crippen LogP contribution in [0.2, 0.25) is 5.02 Å². The topological polar surface area (TPSA) is 55.8 Å². The van der Waals surface area contributed by atoms with Gasteiger partial charge in [0.15, 0.2) is 11.5 Å². The lowest BCUT2D eigenvalue weighted by Crippen LogP contribution is -2.40. The average molecular weight is 347 g/mol. The molecule has 1 N–H and O–H groups in total. The molecular formula is C19H19ClO4. The lowest BCUT2D eigenvalue weighted by atomic mass is 9.65. The number of carbonyl (C=O) groups is 1. The van der Waals surface area contributed by atoms with Gasteiger partial charge in [-0.1, -0.05) is 30.2 Å². The highest BCUT2D eigenvalue weighted by Crippen LogP contribution is 2.45. The van der Waals surface area contributed by atoms with E-state index in [-0.39, 0.29) is 11.0 Å². The zero-order valence-corrected chi connectivity index (χ0v) is 14.2. The van der Waals surface area contributed by atoms with Crippen molar-refractivity contribution in [2.45, 2.75) is 24.7 Å². The monoisotopic (exact) mass is 346 g/mol. The fourth-order valence-electron chi connectivity index (χ4n) is 3.06. The van der Waals surface area contributed by atoms with Crippen molar-refractivity contribution in [3.8, 4) is 11.5 Å². The van der Waals surface area contributed by atoms with Gasteiger partial charge >= 0.3 is 5.97 Å². The molecule has 126 valence electrons. The van der Waals surface area contributed by atoms with E-state index in [1.807, 2.05) is 24.3 Å². The van der Waals surface area contributed by atoms with Crippen LogP contribution in [0.1, 0.15) is 35.2 Å². The molecule has 0 bridgehead atoms. The smallest absolute Gasteiger partial charge is 0.335 e. The maximum atomic E-state index is 11.2. The number of carboxylic acid groups (broad SMARTS) is 1. The average Bonchev–Trinajstić information content (AvgIpc) is 2.55. The second-order valence-electron chi connectivity index (χ2n) is 6.10. The quantitative estimate of drug-likeness (QED) is 0.833. The summed E-state index contributed by atoms with van der Waals surface area (Å²) in [4.78, 5) is 11.2. The van der Waals surface area contributed by atoms with Gasteiger partial charge in [-0.05, 0) is 48.7 Å². The summed E-state index contributed by atoms with van der Waals surface area (Å²) in [5, 5.41) is 9.87. The van der Waals surface area contributed by atoms with Gasteiger partial charge in [0, 0.05) is 10.4 Å². The molecule has 0 heterocycles. The molecular weight excluding hydrogens is 328 g/mol. The van der Waals surface area contributed by atoms with E-state index in [0.717, 1.165) is 19.3 Å². The number of carboxylic acids is 1. The summed E-state index contributed by atoms with van der Waals surface area (Å²) in [7, 11) is 1.54. The van der Waals surface area contributed by atoms with Gasteiger partial charge in [-0.3, -0.25) is 0 Å². The van der Waals surface area contributed by atoms with Gasteiger partial charge in [0.25, 0.3) is 0 Å². The van der Waals surface area contributed by atoms with Crippen LogP contribution in [0, 0.1) is 0 Å². The molecule has 0 atom stereocenters. The molecule has 1 saturated carbocycles. The zero-order chi connectivity index (χ0) is 17.2. The second kappa shape index (κ2) is 6.73. The van der Waals surface area contributed by atoms with Crippen LogP contribution in [0.5, 0.6) is 11.5 Å². The maximum absolute atomic E-state index is 11.2. The Morgan fingerprint density at radius 2 is 1.88 bits per heavy atom. The first-order valence-electron chi connectivity index (χ1n) is 7.84. The van der Waals surface area contributed by atoms with Crippen molar-refractivity contribution >= 4 is 17.6 Å². The predicted octanol–water partition coefficient (Wildman–Crippen LogP) is 4.55. The van der Waals surface area contributed by atoms with Crippen molar-refractivity contribution in [3.05, 3.63) is 58.6 Å². The van der Waals surface area contributed by atoms with Crippen LogP contribution in [0.3, 0.4) is 0 Å². The van der Waals surface area contributed by atoms with Crippen LogP contribution in [0.4, 0.5) is 0 Å². The van der Waals surface area contributed by atoms with E-state index in [1.54, 1.807) is 13.2 Å². The number of aromatic carboxylic acids is 1. The van der Waals surface area contributed by atoms with Gasteiger partial charge in [-0.2, -0.15) is 0 Å². The van der Waals surface area contributed by atoms with Crippen molar-refractivity contribution < 1.29 is 19.4 Å². The van der Waals surface area contributed by atoms with E-state index in [4.69, 9.17) is 26.2 Å². The molecule has 0 saturated heterocycles. The summed E-state index contributed by atoms with van der Waals surface area (Å²) in [6.07, 6.45) is 3.23. The molecule has 0 aliphatic heterocycles. The van der Waals surface area contributed by atoms with Gasteiger partial charge in [-0.25, -0.2) is 4.79 Å². The van der Waals surface area contributed by atoms with E-state index in [9.17, 15) is 4.79 Å². The third-order valence-corrected chi connectivity index (χ3v) is 4.93. The molecule has 0 spiro atoms. The van der Waals surface area contributed by atoms with Crippen molar-refractivity contribution in [2.75, 3.05) is 13.7 Å². The van der Waals surface area contributed by atoms with Crippen molar-refractivity contribution in [2.24, 2.45) is 0 Å². The highest BCUT2D eigenvalue weighted by Gasteiger charge is 2.39. The van der Waals surface area contributed by atoms with Gasteiger partial charge in [0.05, 0.1) is 19.3 Å². The molecule has 2 aromatic carbocycles. The third kappa shape index (κ3) is 3.20. The molecule has 1 aliphatic rings. The molecule has 1 fully saturated rings. The fraction of sp³-hybridized carbons (Fsp3) is 0.316. The van der Waals surface area contributed by atoms with Crippen LogP contribution in [0.25, 0.3) is 0 Å². The van der Waals surface area contributed by atoms with Crippen molar-refractivity contribution in [1.29, 1.82) is 0 Å². The summed E-state index contributed by atoms with van der Waals surface area (Å²) in [5.41, 5.74) is 1.33. The SMILES string of the molecule is COc1ccc(C(=O)O)cc1OCC1(c2ccc(Cl)cc2)CCC1. The van der Waals surface area contributed by atoms with Gasteiger partial charge in [0.1, 0.15) is 0 Å². The fourth-order valence-corrected chi connectivity index (χ4v) is 3.19. The number of ether oxygens (including phenoxy) is 2. The molecule has 24 heavy (non-hydrogen) atoms. The molecule has 0 amide bonds. The Morgan fingerprint density at radius 1 is 1.17 bits per heavy atom. The number of hydrogen-bond donors (Lipinski definition) is 1. The lowest BCUT2D eigenvalue weighted by Gasteiger charge is -2.42. The van der Waals surface area contributed by atoms with Crippen molar-refractivity contribution in [1.82, 2.24) is 0 Å². The van der Waals surface area contributed by atoms with E-state index < -0.39 is 5.97 Å². The minimum atomic E-state index is -0.987. The van der Waals surface area contributed by atoms with E-state index in [1.165, 1.54) is 17.7 Å². The first-order valence-corrected chi connectivity index (χ1v) is 8.22. The Morgan fingerprint density at radius 3 is 2.42 bits per heavy atom. The van der Waals surface area contributed by atoms with Gasteiger partial charge < -0.3 is 14.6 Å². The van der Waals surface area contributed by atoms with Crippen LogP contribution in [0.15, 0.2) is 42.5 Å². The Bertz CT molecular complexity index is 736. The summed E-state index contributed by atoms with van der Waals surface area (Å²) < 4.78 is 11.3. The molecule has 0 aromatic heterocycles. The van der Waals surface area contributed by atoms with Gasteiger partial charge in [0.2, 0.25) is 0 Å². The summed E-state index contributed by atoms with van der Waals surface area (Å²) >= 11 is 5.98. The Kier molecular flexibility index (Phi) is 4.67. The molecule has 3 rings (SSSR count). The third-order valence-electron chi connectivity index (χ3n) is 4.68. The molecule has 5 heteroatoms. The maximum Gasteiger partial charge on any atom is 0.335 e. The summed E-state index contributed by atoms with van der Waals surface area (Å²) in [6.45, 7) is 0.480. The summed E-state index contributed by atoms with van der Waals surface area (Å²) in [6, 6.07) is 12.5. The van der Waals surface area contributed by atoms with E-state index >= 15 is 0 Å². The van der Waals surface area contributed by atoms with Crippen LogP contribution in [-0.2, 0) is 5.41 Å². The van der Waals surface area contributed by atoms with E-state index in [2.05, 4.69) is 0 Å². The number of rotatable bonds is 6. The molecule has 2 aromatic rings. The van der Waals surface area contributed by atoms with Crippen LogP contribution in [-0.4, -0.2) is 24.8 Å².